The Kier molecular flexibility index (Phi) is 10.0. The fourth-order valence-electron chi connectivity index (χ4n) is 7.50. The van der Waals surface area contributed by atoms with Gasteiger partial charge in [-0.3, -0.25) is 19.4 Å². The van der Waals surface area contributed by atoms with Crippen LogP contribution in [0.3, 0.4) is 0 Å². The van der Waals surface area contributed by atoms with E-state index in [1.165, 1.54) is 0 Å². The van der Waals surface area contributed by atoms with E-state index in [9.17, 15) is 14.4 Å². The van der Waals surface area contributed by atoms with Gasteiger partial charge in [0.15, 0.2) is 0 Å². The van der Waals surface area contributed by atoms with Crippen LogP contribution in [0.15, 0.2) is 97.1 Å². The number of carbonyl (C=O) groups excluding carboxylic acids is 3. The highest BCUT2D eigenvalue weighted by molar-refractivity contribution is 5.84. The van der Waals surface area contributed by atoms with E-state index in [-0.39, 0.29) is 49.1 Å². The summed E-state index contributed by atoms with van der Waals surface area (Å²) in [6.07, 6.45) is 7.97. The first-order valence-corrected chi connectivity index (χ1v) is 17.2. The molecule has 3 aromatic carbocycles. The zero-order valence-corrected chi connectivity index (χ0v) is 28.2. The van der Waals surface area contributed by atoms with Gasteiger partial charge in [-0.1, -0.05) is 116 Å². The van der Waals surface area contributed by atoms with Crippen LogP contribution < -0.4 is 5.32 Å². The Labute approximate surface area is 284 Å². The summed E-state index contributed by atoms with van der Waals surface area (Å²) in [7, 11) is 0. The molecule has 0 aromatic heterocycles. The second-order valence-corrected chi connectivity index (χ2v) is 14.2. The molecule has 0 bridgehead atoms. The van der Waals surface area contributed by atoms with E-state index in [0.717, 1.165) is 42.4 Å². The third kappa shape index (κ3) is 7.49. The third-order valence-corrected chi connectivity index (χ3v) is 9.80. The van der Waals surface area contributed by atoms with Gasteiger partial charge in [0.1, 0.15) is 12.2 Å². The number of likely N-dealkylation sites (tertiary alicyclic amines) is 1. The third-order valence-electron chi connectivity index (χ3n) is 9.80. The van der Waals surface area contributed by atoms with Crippen molar-refractivity contribution >= 4 is 24.0 Å². The Morgan fingerprint density at radius 2 is 1.58 bits per heavy atom. The smallest absolute Gasteiger partial charge is 0.410 e. The standard InChI is InChI=1S/C40H47N3O5/c1-39(2,3)48-36(44)24-23-33(37(45)41-40(25-13-14-26-40)31-19-11-6-12-20-31)42-27-34(32(42)22-21-29-15-7-4-8-16-29)43-35(28-47-38(43)46)30-17-9-5-10-18-30/h4-12,15-22,32-35H,13-14,23-28H2,1-3H3,(H,41,45)/b22-21+/t32-,33+,34-,35+/m1/s1. The average molecular weight is 650 g/mol. The average Bonchev–Trinajstić information content (AvgIpc) is 3.70. The molecule has 2 heterocycles. The van der Waals surface area contributed by atoms with Gasteiger partial charge in [0.2, 0.25) is 5.91 Å². The maximum atomic E-state index is 14.6. The number of hydrogen-bond acceptors (Lipinski definition) is 6. The molecule has 252 valence electrons. The van der Waals surface area contributed by atoms with E-state index in [1.807, 2.05) is 111 Å². The van der Waals surface area contributed by atoms with Crippen molar-refractivity contribution in [2.75, 3.05) is 13.2 Å². The molecule has 8 heteroatoms. The van der Waals surface area contributed by atoms with Crippen LogP contribution in [0.4, 0.5) is 4.79 Å². The van der Waals surface area contributed by atoms with Gasteiger partial charge in [0.25, 0.3) is 0 Å². The second-order valence-electron chi connectivity index (χ2n) is 14.2. The summed E-state index contributed by atoms with van der Waals surface area (Å²) in [5.74, 6) is -0.441. The fourth-order valence-corrected chi connectivity index (χ4v) is 7.50. The summed E-state index contributed by atoms with van der Waals surface area (Å²) in [5.41, 5.74) is 2.06. The quantitative estimate of drug-likeness (QED) is 0.225. The Morgan fingerprint density at radius 3 is 2.23 bits per heavy atom. The van der Waals surface area contributed by atoms with E-state index >= 15 is 0 Å². The lowest BCUT2D eigenvalue weighted by Crippen LogP contribution is -2.71. The minimum absolute atomic E-state index is 0.0996. The van der Waals surface area contributed by atoms with Crippen molar-refractivity contribution in [3.8, 4) is 0 Å². The monoisotopic (exact) mass is 649 g/mol. The number of rotatable bonds is 11. The number of amides is 2. The molecule has 1 aliphatic carbocycles. The number of nitrogens with zero attached hydrogens (tertiary/aromatic N) is 2. The molecule has 8 nitrogen and oxygen atoms in total. The van der Waals surface area contributed by atoms with Crippen LogP contribution in [0.5, 0.6) is 0 Å². The first kappa shape index (κ1) is 33.5. The van der Waals surface area contributed by atoms with Gasteiger partial charge in [-0.25, -0.2) is 4.79 Å². The molecule has 2 aliphatic heterocycles. The molecule has 0 spiro atoms. The lowest BCUT2D eigenvalue weighted by Gasteiger charge is -2.54. The number of carbonyl (C=O) groups is 3. The van der Waals surface area contributed by atoms with Crippen molar-refractivity contribution in [2.24, 2.45) is 0 Å². The van der Waals surface area contributed by atoms with Gasteiger partial charge in [0, 0.05) is 13.0 Å². The van der Waals surface area contributed by atoms with Crippen molar-refractivity contribution < 1.29 is 23.9 Å². The summed E-state index contributed by atoms with van der Waals surface area (Å²) in [6.45, 7) is 6.29. The van der Waals surface area contributed by atoms with Gasteiger partial charge in [0.05, 0.1) is 29.7 Å². The Bertz CT molecular complexity index is 1580. The van der Waals surface area contributed by atoms with Crippen LogP contribution in [-0.4, -0.2) is 64.6 Å². The highest BCUT2D eigenvalue weighted by Crippen LogP contribution is 2.41. The molecule has 0 radical (unpaired) electrons. The van der Waals surface area contributed by atoms with E-state index in [4.69, 9.17) is 9.47 Å². The predicted molar refractivity (Wildman–Crippen MR) is 186 cm³/mol. The van der Waals surface area contributed by atoms with E-state index in [2.05, 4.69) is 28.4 Å². The lowest BCUT2D eigenvalue weighted by molar-refractivity contribution is -0.155. The predicted octanol–water partition coefficient (Wildman–Crippen LogP) is 7.02. The number of nitrogens with one attached hydrogen (secondary N) is 1. The van der Waals surface area contributed by atoms with Crippen molar-refractivity contribution in [1.82, 2.24) is 15.1 Å². The van der Waals surface area contributed by atoms with Gasteiger partial charge in [-0.15, -0.1) is 0 Å². The lowest BCUT2D eigenvalue weighted by atomic mass is 9.86. The minimum Gasteiger partial charge on any atom is -0.460 e. The van der Waals surface area contributed by atoms with Crippen molar-refractivity contribution in [3.63, 3.8) is 0 Å². The molecule has 3 fully saturated rings. The van der Waals surface area contributed by atoms with Crippen LogP contribution in [-0.2, 0) is 24.6 Å². The SMILES string of the molecule is CC(C)(C)OC(=O)CC[C@@H](C(=O)NC1(c2ccccc2)CCCC1)N1C[C@@H](N2C(=O)OC[C@H]2c2ccccc2)[C@H]1/C=C/c1ccccc1. The van der Waals surface area contributed by atoms with Gasteiger partial charge in [-0.05, 0) is 56.7 Å². The maximum absolute atomic E-state index is 14.6. The van der Waals surface area contributed by atoms with Crippen LogP contribution in [0.2, 0.25) is 0 Å². The fraction of sp³-hybridized carbons (Fsp3) is 0.425. The zero-order valence-electron chi connectivity index (χ0n) is 28.2. The molecule has 2 amide bonds. The number of benzene rings is 3. The summed E-state index contributed by atoms with van der Waals surface area (Å²) < 4.78 is 11.3. The highest BCUT2D eigenvalue weighted by Gasteiger charge is 2.52. The molecular formula is C40H47N3O5. The Morgan fingerprint density at radius 1 is 0.958 bits per heavy atom. The molecule has 48 heavy (non-hydrogen) atoms. The highest BCUT2D eigenvalue weighted by atomic mass is 16.6. The molecule has 2 saturated heterocycles. The van der Waals surface area contributed by atoms with Crippen LogP contribution in [0.25, 0.3) is 6.08 Å². The Hall–Kier alpha value is -4.43. The van der Waals surface area contributed by atoms with Crippen molar-refractivity contribution in [2.45, 2.75) is 94.6 Å². The Balaban J connectivity index is 1.32. The van der Waals surface area contributed by atoms with Gasteiger partial charge >= 0.3 is 12.1 Å². The summed E-state index contributed by atoms with van der Waals surface area (Å²) in [4.78, 5) is 44.9. The van der Waals surface area contributed by atoms with E-state index in [0.29, 0.717) is 13.0 Å². The normalized spacial score (nSPS) is 23.0. The van der Waals surface area contributed by atoms with Crippen LogP contribution >= 0.6 is 0 Å². The molecule has 3 aromatic rings. The van der Waals surface area contributed by atoms with Crippen LogP contribution in [0.1, 0.15) is 82.0 Å². The molecule has 6 rings (SSSR count). The number of ether oxygens (including phenoxy) is 2. The van der Waals surface area contributed by atoms with E-state index in [1.54, 1.807) is 0 Å². The molecule has 1 N–H and O–H groups in total. The number of cyclic esters (lactones) is 1. The molecule has 1 saturated carbocycles. The summed E-state index contributed by atoms with van der Waals surface area (Å²) in [5, 5.41) is 3.49. The maximum Gasteiger partial charge on any atom is 0.410 e. The molecule has 4 atom stereocenters. The molecule has 0 unspecified atom stereocenters. The second kappa shape index (κ2) is 14.4. The first-order chi connectivity index (χ1) is 23.1. The molecule has 3 aliphatic rings. The topological polar surface area (TPSA) is 88.2 Å². The summed E-state index contributed by atoms with van der Waals surface area (Å²) in [6, 6.07) is 28.8. The largest absolute Gasteiger partial charge is 0.460 e. The summed E-state index contributed by atoms with van der Waals surface area (Å²) >= 11 is 0. The molecular weight excluding hydrogens is 602 g/mol. The first-order valence-electron chi connectivity index (χ1n) is 17.2. The minimum atomic E-state index is -0.624. The van der Waals surface area contributed by atoms with E-state index < -0.39 is 17.2 Å². The zero-order chi connectivity index (χ0) is 33.7. The van der Waals surface area contributed by atoms with Crippen molar-refractivity contribution in [3.05, 3.63) is 114 Å². The number of esters is 1. The number of hydrogen-bond donors (Lipinski definition) is 1. The van der Waals surface area contributed by atoms with Crippen LogP contribution in [0, 0.1) is 0 Å². The van der Waals surface area contributed by atoms with Gasteiger partial charge < -0.3 is 14.8 Å². The van der Waals surface area contributed by atoms with Gasteiger partial charge in [-0.2, -0.15) is 0 Å². The van der Waals surface area contributed by atoms with Crippen molar-refractivity contribution in [1.29, 1.82) is 0 Å².